The Balaban J connectivity index is 1.18. The highest BCUT2D eigenvalue weighted by atomic mass is 32.1. The van der Waals surface area contributed by atoms with Gasteiger partial charge in [-0.1, -0.05) is 153 Å². The van der Waals surface area contributed by atoms with Crippen molar-refractivity contribution in [2.24, 2.45) is 0 Å². The molecule has 2 heterocycles. The Labute approximate surface area is 324 Å². The second-order valence-electron chi connectivity index (χ2n) is 13.8. The standard InChI is InChI=1S/C52H38S2/c1-34-16-8-9-17-39(34)30-35(2)41-19-6-4-5-7-20-42(44-22-12-11-21-43(41)44)38-28-26-37(27-29-38)36(3)46-32-47-45-23-13-15-25-50(45)54-52(47)33-48(46)51-31-40-18-10-14-24-49(40)53-51/h6-33H,1-5H2/b19-6?,20-7+,39-30-,43-41?,44-42+. The fourth-order valence-electron chi connectivity index (χ4n) is 7.55. The summed E-state index contributed by atoms with van der Waals surface area (Å²) in [7, 11) is 0. The van der Waals surface area contributed by atoms with Crippen LogP contribution in [0.3, 0.4) is 0 Å². The number of rotatable bonds is 6. The summed E-state index contributed by atoms with van der Waals surface area (Å²) < 4.78 is 3.91. The minimum atomic E-state index is 0.958. The summed E-state index contributed by atoms with van der Waals surface area (Å²) in [6, 6.07) is 50.4. The highest BCUT2D eigenvalue weighted by Crippen LogP contribution is 2.44. The molecule has 0 saturated heterocycles. The van der Waals surface area contributed by atoms with E-state index in [1.54, 1.807) is 0 Å². The van der Waals surface area contributed by atoms with Crippen LogP contribution in [0, 0.1) is 0 Å². The van der Waals surface area contributed by atoms with Gasteiger partial charge in [0.15, 0.2) is 0 Å². The fraction of sp³-hybridized carbons (Fsp3) is 0.0385. The monoisotopic (exact) mass is 726 g/mol. The maximum atomic E-state index is 4.76. The highest BCUT2D eigenvalue weighted by Gasteiger charge is 2.17. The predicted molar refractivity (Wildman–Crippen MR) is 239 cm³/mol. The van der Waals surface area contributed by atoms with Gasteiger partial charge in [-0.05, 0) is 114 Å². The molecule has 2 aromatic heterocycles. The van der Waals surface area contributed by atoms with Crippen molar-refractivity contribution in [3.63, 3.8) is 0 Å². The average molecular weight is 727 g/mol. The lowest BCUT2D eigenvalue weighted by Gasteiger charge is -2.14. The molecule has 0 nitrogen and oxygen atoms in total. The van der Waals surface area contributed by atoms with E-state index >= 15 is 0 Å². The number of hydrogen-bond donors (Lipinski definition) is 0. The molecule has 258 valence electrons. The van der Waals surface area contributed by atoms with Gasteiger partial charge < -0.3 is 0 Å². The van der Waals surface area contributed by atoms with Crippen LogP contribution < -0.4 is 20.9 Å². The molecule has 2 heteroatoms. The first-order valence-corrected chi connectivity index (χ1v) is 20.0. The van der Waals surface area contributed by atoms with Crippen molar-refractivity contribution in [3.05, 3.63) is 220 Å². The minimum absolute atomic E-state index is 0.958. The van der Waals surface area contributed by atoms with E-state index in [1.807, 2.05) is 34.8 Å². The van der Waals surface area contributed by atoms with Gasteiger partial charge in [0.1, 0.15) is 0 Å². The van der Waals surface area contributed by atoms with Gasteiger partial charge in [0.05, 0.1) is 0 Å². The molecule has 1 aliphatic rings. The van der Waals surface area contributed by atoms with Crippen molar-refractivity contribution in [1.29, 1.82) is 0 Å². The van der Waals surface area contributed by atoms with E-state index in [-0.39, 0.29) is 0 Å². The number of thiophene rings is 2. The number of hydrogen-bond acceptors (Lipinski definition) is 2. The quantitative estimate of drug-likeness (QED) is 0.160. The molecule has 0 spiro atoms. The van der Waals surface area contributed by atoms with E-state index in [9.17, 15) is 0 Å². The second-order valence-corrected chi connectivity index (χ2v) is 16.0. The van der Waals surface area contributed by atoms with Crippen LogP contribution >= 0.6 is 22.7 Å². The Kier molecular flexibility index (Phi) is 9.00. The lowest BCUT2D eigenvalue weighted by Crippen LogP contribution is -2.29. The summed E-state index contributed by atoms with van der Waals surface area (Å²) >= 11 is 3.72. The van der Waals surface area contributed by atoms with Crippen molar-refractivity contribution in [1.82, 2.24) is 0 Å². The molecule has 0 amide bonds. The first kappa shape index (κ1) is 33.8. The molecule has 8 aromatic rings. The molecule has 0 aliphatic heterocycles. The van der Waals surface area contributed by atoms with Crippen LogP contribution in [0.1, 0.15) is 29.5 Å². The molecule has 0 bridgehead atoms. The lowest BCUT2D eigenvalue weighted by molar-refractivity contribution is 1.05. The van der Waals surface area contributed by atoms with E-state index in [0.29, 0.717) is 0 Å². The first-order chi connectivity index (χ1) is 26.5. The molecule has 0 saturated carbocycles. The summed E-state index contributed by atoms with van der Waals surface area (Å²) in [5.74, 6) is 0. The molecule has 0 N–H and O–H groups in total. The van der Waals surface area contributed by atoms with Gasteiger partial charge in [0, 0.05) is 35.3 Å². The lowest BCUT2D eigenvalue weighted by atomic mass is 9.91. The normalized spacial score (nSPS) is 15.1. The summed E-state index contributed by atoms with van der Waals surface area (Å²) in [5, 5.41) is 8.27. The first-order valence-electron chi connectivity index (χ1n) is 18.4. The third-order valence-corrected chi connectivity index (χ3v) is 12.7. The smallest absolute Gasteiger partial charge is 0.0362 e. The molecule has 1 aliphatic carbocycles. The van der Waals surface area contributed by atoms with Crippen molar-refractivity contribution in [2.75, 3.05) is 0 Å². The van der Waals surface area contributed by atoms with E-state index in [1.165, 1.54) is 62.6 Å². The molecule has 0 atom stereocenters. The summed E-state index contributed by atoms with van der Waals surface area (Å²) in [4.78, 5) is 1.26. The van der Waals surface area contributed by atoms with Crippen LogP contribution in [0.25, 0.3) is 70.1 Å². The SMILES string of the molecule is C=C(/C=c1/ccccc1=C)C1=c2cccc/c2=C(c2ccc(C(=C)c3cc4c(cc3-c3cc5ccccc5s3)sc3ccccc34)cc2)/C=C/CCC=C1. The average Bonchev–Trinajstić information content (AvgIpc) is 3.81. The highest BCUT2D eigenvalue weighted by molar-refractivity contribution is 7.26. The second kappa shape index (κ2) is 14.4. The largest absolute Gasteiger partial charge is 0.135 e. The van der Waals surface area contributed by atoms with Gasteiger partial charge in [-0.3, -0.25) is 0 Å². The zero-order chi connectivity index (χ0) is 36.6. The molecule has 0 fully saturated rings. The zero-order valence-corrected chi connectivity index (χ0v) is 31.7. The van der Waals surface area contributed by atoms with Gasteiger partial charge in [-0.15, -0.1) is 22.7 Å². The minimum Gasteiger partial charge on any atom is -0.135 e. The summed E-state index contributed by atoms with van der Waals surface area (Å²) in [6.07, 6.45) is 13.2. The Hall–Kier alpha value is -6.06. The van der Waals surface area contributed by atoms with Gasteiger partial charge in [0.25, 0.3) is 0 Å². The van der Waals surface area contributed by atoms with E-state index in [2.05, 4.69) is 171 Å². The molecule has 9 rings (SSSR count). The molecular weight excluding hydrogens is 689 g/mol. The van der Waals surface area contributed by atoms with E-state index < -0.39 is 0 Å². The van der Waals surface area contributed by atoms with Crippen LogP contribution in [0.5, 0.6) is 0 Å². The molecular formula is C52H38S2. The van der Waals surface area contributed by atoms with E-state index in [0.717, 1.165) is 50.8 Å². The van der Waals surface area contributed by atoms with Gasteiger partial charge in [-0.2, -0.15) is 0 Å². The van der Waals surface area contributed by atoms with Crippen LogP contribution in [0.4, 0.5) is 0 Å². The Morgan fingerprint density at radius 3 is 2.11 bits per heavy atom. The zero-order valence-electron chi connectivity index (χ0n) is 30.0. The topological polar surface area (TPSA) is 0 Å². The van der Waals surface area contributed by atoms with Crippen molar-refractivity contribution in [2.45, 2.75) is 12.8 Å². The van der Waals surface area contributed by atoms with Crippen LogP contribution in [-0.4, -0.2) is 0 Å². The van der Waals surface area contributed by atoms with Gasteiger partial charge in [-0.25, -0.2) is 0 Å². The Morgan fingerprint density at radius 1 is 0.593 bits per heavy atom. The number of allylic oxidation sites excluding steroid dienone is 5. The van der Waals surface area contributed by atoms with Crippen LogP contribution in [0.2, 0.25) is 0 Å². The van der Waals surface area contributed by atoms with Gasteiger partial charge in [0.2, 0.25) is 0 Å². The molecule has 0 unspecified atom stereocenters. The maximum Gasteiger partial charge on any atom is 0.0362 e. The number of benzene rings is 6. The maximum absolute atomic E-state index is 4.76. The van der Waals surface area contributed by atoms with Crippen molar-refractivity contribution in [3.8, 4) is 10.4 Å². The predicted octanol–water partition coefficient (Wildman–Crippen LogP) is 11.7. The third-order valence-electron chi connectivity index (χ3n) is 10.4. The number of fused-ring (bicyclic) bond motifs is 5. The molecule has 54 heavy (non-hydrogen) atoms. The fourth-order valence-corrected chi connectivity index (χ4v) is 9.77. The van der Waals surface area contributed by atoms with Gasteiger partial charge >= 0.3 is 0 Å². The molecule has 6 aromatic carbocycles. The van der Waals surface area contributed by atoms with E-state index in [4.69, 9.17) is 6.58 Å². The van der Waals surface area contributed by atoms with Crippen LogP contribution in [-0.2, 0) is 0 Å². The van der Waals surface area contributed by atoms with Crippen LogP contribution in [0.15, 0.2) is 183 Å². The Morgan fingerprint density at radius 2 is 1.30 bits per heavy atom. The summed E-state index contributed by atoms with van der Waals surface area (Å²) in [6.45, 7) is 13.6. The third kappa shape index (κ3) is 6.34. The van der Waals surface area contributed by atoms with Crippen molar-refractivity contribution < 1.29 is 0 Å². The summed E-state index contributed by atoms with van der Waals surface area (Å²) in [5.41, 5.74) is 8.99. The Bertz CT molecular complexity index is 3050. The van der Waals surface area contributed by atoms with Crippen molar-refractivity contribution >= 4 is 82.3 Å². The molecule has 0 radical (unpaired) electrons.